The Morgan fingerprint density at radius 1 is 1.23 bits per heavy atom. The molecule has 4 rings (SSSR count). The maximum absolute atomic E-state index is 13.0. The summed E-state index contributed by atoms with van der Waals surface area (Å²) in [5.41, 5.74) is 8.44. The van der Waals surface area contributed by atoms with Crippen LogP contribution in [0.25, 0.3) is 10.9 Å². The number of halogens is 1. The fraction of sp³-hybridized carbons (Fsp3) is 0.300. The van der Waals surface area contributed by atoms with Gasteiger partial charge in [-0.05, 0) is 55.3 Å². The number of carbonyl (C=O) groups excluding carboxylic acids is 1. The Balaban J connectivity index is 1.79. The van der Waals surface area contributed by atoms with Crippen molar-refractivity contribution in [1.29, 1.82) is 0 Å². The second-order valence-electron chi connectivity index (χ2n) is 6.77. The molecule has 0 atom stereocenters. The zero-order valence-corrected chi connectivity index (χ0v) is 16.6. The molecule has 1 aliphatic carbocycles. The number of nitrogens with two attached hydrogens (primary N) is 1. The van der Waals surface area contributed by atoms with Crippen molar-refractivity contribution in [1.82, 2.24) is 4.98 Å². The summed E-state index contributed by atoms with van der Waals surface area (Å²) in [7, 11) is 0. The van der Waals surface area contributed by atoms with E-state index in [0.29, 0.717) is 17.6 Å². The van der Waals surface area contributed by atoms with Gasteiger partial charge in [0.15, 0.2) is 0 Å². The van der Waals surface area contributed by atoms with E-state index in [9.17, 15) is 4.79 Å². The zero-order chi connectivity index (χ0) is 18.1. The number of benzene rings is 1. The van der Waals surface area contributed by atoms with Crippen molar-refractivity contribution < 1.29 is 4.79 Å². The second kappa shape index (κ2) is 7.47. The van der Waals surface area contributed by atoms with Crippen LogP contribution in [0.1, 0.15) is 40.9 Å². The third-order valence-corrected chi connectivity index (χ3v) is 6.30. The lowest BCUT2D eigenvalue weighted by molar-refractivity contribution is 0.104. The number of rotatable bonds is 4. The third-order valence-electron chi connectivity index (χ3n) is 4.94. The van der Waals surface area contributed by atoms with E-state index in [0.717, 1.165) is 51.6 Å². The van der Waals surface area contributed by atoms with Crippen LogP contribution in [0.4, 0.5) is 5.69 Å². The van der Waals surface area contributed by atoms with E-state index in [-0.39, 0.29) is 5.78 Å². The van der Waals surface area contributed by atoms with E-state index >= 15 is 0 Å². The van der Waals surface area contributed by atoms with Crippen LogP contribution < -0.4 is 11.1 Å². The number of anilines is 1. The van der Waals surface area contributed by atoms with Crippen molar-refractivity contribution in [2.24, 2.45) is 5.73 Å². The quantitative estimate of drug-likeness (QED) is 0.574. The Morgan fingerprint density at radius 3 is 2.77 bits per heavy atom. The van der Waals surface area contributed by atoms with Crippen molar-refractivity contribution in [3.8, 4) is 0 Å². The molecule has 0 radical (unpaired) electrons. The molecule has 6 heteroatoms. The largest absolute Gasteiger partial charge is 0.381 e. The summed E-state index contributed by atoms with van der Waals surface area (Å²) in [5.74, 6) is 0.0180. The van der Waals surface area contributed by atoms with Crippen molar-refractivity contribution >= 4 is 49.6 Å². The minimum Gasteiger partial charge on any atom is -0.381 e. The molecule has 2 aromatic heterocycles. The molecule has 1 aliphatic rings. The lowest BCUT2D eigenvalue weighted by Crippen LogP contribution is -2.33. The van der Waals surface area contributed by atoms with Gasteiger partial charge in [0.05, 0.1) is 21.6 Å². The summed E-state index contributed by atoms with van der Waals surface area (Å²) in [6, 6.07) is 10.4. The average Bonchev–Trinajstić information content (AvgIpc) is 3.18. The van der Waals surface area contributed by atoms with Crippen LogP contribution in [0.5, 0.6) is 0 Å². The van der Waals surface area contributed by atoms with Crippen LogP contribution in [0.3, 0.4) is 0 Å². The predicted octanol–water partition coefficient (Wildman–Crippen LogP) is 4.97. The van der Waals surface area contributed by atoms with Crippen molar-refractivity contribution in [2.45, 2.75) is 37.8 Å². The van der Waals surface area contributed by atoms with E-state index in [1.54, 1.807) is 6.20 Å². The fourth-order valence-electron chi connectivity index (χ4n) is 3.50. The molecule has 4 nitrogen and oxygen atoms in total. The number of ketones is 1. The van der Waals surface area contributed by atoms with E-state index in [2.05, 4.69) is 26.2 Å². The standard InChI is InChI=1S/C20H20BrN3OS/c21-12-3-8-17-15(10-12)19(24-14-6-4-13(22)5-7-14)16(11-23-17)20(25)18-2-1-9-26-18/h1-3,8-11,13-14H,4-7,22H2,(H,23,24)/t13-,14-. The number of nitrogens with one attached hydrogen (secondary N) is 1. The lowest BCUT2D eigenvalue weighted by atomic mass is 9.91. The molecule has 0 saturated heterocycles. The topological polar surface area (TPSA) is 68.0 Å². The number of fused-ring (bicyclic) bond motifs is 1. The summed E-state index contributed by atoms with van der Waals surface area (Å²) >= 11 is 5.00. The average molecular weight is 430 g/mol. The van der Waals surface area contributed by atoms with Crippen LogP contribution in [0, 0.1) is 0 Å². The fourth-order valence-corrected chi connectivity index (χ4v) is 4.54. The van der Waals surface area contributed by atoms with Crippen LogP contribution in [-0.2, 0) is 0 Å². The lowest BCUT2D eigenvalue weighted by Gasteiger charge is -2.28. The van der Waals surface area contributed by atoms with Gasteiger partial charge in [-0.1, -0.05) is 22.0 Å². The molecule has 2 heterocycles. The maximum atomic E-state index is 13.0. The number of carbonyl (C=O) groups is 1. The number of nitrogens with zero attached hydrogens (tertiary/aromatic N) is 1. The summed E-state index contributed by atoms with van der Waals surface area (Å²) in [5, 5.41) is 6.54. The molecule has 26 heavy (non-hydrogen) atoms. The molecule has 1 fully saturated rings. The van der Waals surface area contributed by atoms with Crippen molar-refractivity contribution in [2.75, 3.05) is 5.32 Å². The van der Waals surface area contributed by atoms with E-state index < -0.39 is 0 Å². The van der Waals surface area contributed by atoms with Gasteiger partial charge in [-0.25, -0.2) is 0 Å². The summed E-state index contributed by atoms with van der Waals surface area (Å²) in [6.07, 6.45) is 5.77. The molecule has 1 aromatic carbocycles. The highest BCUT2D eigenvalue weighted by molar-refractivity contribution is 9.10. The summed E-state index contributed by atoms with van der Waals surface area (Å²) in [4.78, 5) is 18.3. The molecular formula is C20H20BrN3OS. The molecule has 0 aliphatic heterocycles. The molecular weight excluding hydrogens is 410 g/mol. The highest BCUT2D eigenvalue weighted by Crippen LogP contribution is 2.33. The van der Waals surface area contributed by atoms with Crippen LogP contribution in [0.2, 0.25) is 0 Å². The van der Waals surface area contributed by atoms with Gasteiger partial charge in [0.1, 0.15) is 0 Å². The molecule has 1 saturated carbocycles. The number of pyridine rings is 1. The SMILES string of the molecule is N[C@H]1CC[C@H](Nc2c(C(=O)c3cccs3)cnc3ccc(Br)cc23)CC1. The van der Waals surface area contributed by atoms with Gasteiger partial charge >= 0.3 is 0 Å². The van der Waals surface area contributed by atoms with Crippen LogP contribution >= 0.6 is 27.3 Å². The van der Waals surface area contributed by atoms with Gasteiger partial charge in [0, 0.05) is 28.1 Å². The van der Waals surface area contributed by atoms with E-state index in [4.69, 9.17) is 5.73 Å². The first-order chi connectivity index (χ1) is 12.6. The smallest absolute Gasteiger partial charge is 0.206 e. The maximum Gasteiger partial charge on any atom is 0.206 e. The third kappa shape index (κ3) is 3.54. The number of aromatic nitrogens is 1. The number of hydrogen-bond acceptors (Lipinski definition) is 5. The van der Waals surface area contributed by atoms with Gasteiger partial charge in [-0.2, -0.15) is 0 Å². The molecule has 3 N–H and O–H groups in total. The first-order valence-corrected chi connectivity index (χ1v) is 10.5. The number of thiophene rings is 1. The molecule has 0 spiro atoms. The highest BCUT2D eigenvalue weighted by Gasteiger charge is 2.23. The monoisotopic (exact) mass is 429 g/mol. The Morgan fingerprint density at radius 2 is 2.04 bits per heavy atom. The van der Waals surface area contributed by atoms with Gasteiger partial charge in [0.25, 0.3) is 0 Å². The Kier molecular flexibility index (Phi) is 5.07. The van der Waals surface area contributed by atoms with Gasteiger partial charge in [-0.15, -0.1) is 11.3 Å². The van der Waals surface area contributed by atoms with Gasteiger partial charge < -0.3 is 11.1 Å². The molecule has 0 unspecified atom stereocenters. The Labute approximate surface area is 164 Å². The molecule has 3 aromatic rings. The second-order valence-corrected chi connectivity index (χ2v) is 8.63. The molecule has 134 valence electrons. The molecule has 0 bridgehead atoms. The van der Waals surface area contributed by atoms with Gasteiger partial charge in [-0.3, -0.25) is 9.78 Å². The van der Waals surface area contributed by atoms with Crippen LogP contribution in [-0.4, -0.2) is 22.9 Å². The predicted molar refractivity (Wildman–Crippen MR) is 111 cm³/mol. The first-order valence-electron chi connectivity index (χ1n) is 8.80. The normalized spacial score (nSPS) is 20.2. The van der Waals surface area contributed by atoms with Gasteiger partial charge in [0.2, 0.25) is 5.78 Å². The number of hydrogen-bond donors (Lipinski definition) is 2. The Hall–Kier alpha value is -1.76. The van der Waals surface area contributed by atoms with Crippen LogP contribution in [0.15, 0.2) is 46.4 Å². The Bertz CT molecular complexity index is 934. The highest BCUT2D eigenvalue weighted by atomic mass is 79.9. The zero-order valence-electron chi connectivity index (χ0n) is 14.2. The molecule has 0 amide bonds. The first kappa shape index (κ1) is 17.6. The minimum atomic E-state index is 0.0180. The van der Waals surface area contributed by atoms with E-state index in [1.807, 2.05) is 35.7 Å². The van der Waals surface area contributed by atoms with Crippen molar-refractivity contribution in [3.05, 3.63) is 56.8 Å². The van der Waals surface area contributed by atoms with Crippen molar-refractivity contribution in [3.63, 3.8) is 0 Å². The summed E-state index contributed by atoms with van der Waals surface area (Å²) < 4.78 is 0.973. The summed E-state index contributed by atoms with van der Waals surface area (Å²) in [6.45, 7) is 0. The van der Waals surface area contributed by atoms with E-state index in [1.165, 1.54) is 11.3 Å². The minimum absolute atomic E-state index is 0.0180.